The fraction of sp³-hybridized carbons (Fsp3) is 0.314. The Morgan fingerprint density at radius 1 is 1.04 bits per heavy atom. The van der Waals surface area contributed by atoms with E-state index < -0.39 is 29.7 Å². The second kappa shape index (κ2) is 18.5. The number of rotatable bonds is 17. The van der Waals surface area contributed by atoms with Gasteiger partial charge in [-0.2, -0.15) is 5.12 Å². The Bertz CT molecular complexity index is 1870. The predicted octanol–water partition coefficient (Wildman–Crippen LogP) is 5.81. The molecule has 0 aliphatic carbocycles. The van der Waals surface area contributed by atoms with Gasteiger partial charge < -0.3 is 34.1 Å². The number of carbonyl (C=O) groups is 2. The zero-order valence-corrected chi connectivity index (χ0v) is 29.8. The first-order chi connectivity index (χ1) is 24.9. The Morgan fingerprint density at radius 2 is 1.71 bits per heavy atom. The molecular weight excluding hydrogens is 698 g/mol. The molecule has 0 fully saturated rings. The molecule has 4 rings (SSSR count). The van der Waals surface area contributed by atoms with Crippen LogP contribution in [0.5, 0.6) is 5.75 Å². The fourth-order valence-electron chi connectivity index (χ4n) is 4.90. The number of methoxy groups -OCH3 is 1. The van der Waals surface area contributed by atoms with Crippen molar-refractivity contribution in [1.82, 2.24) is 14.7 Å². The Balaban J connectivity index is 1.46. The molecule has 1 aromatic heterocycles. The number of amidine groups is 1. The van der Waals surface area contributed by atoms with Crippen molar-refractivity contribution in [2.45, 2.75) is 65.7 Å². The van der Waals surface area contributed by atoms with Gasteiger partial charge in [0.25, 0.3) is 5.09 Å². The number of unbranched alkanes of at least 4 members (excludes halogenated alkanes) is 1. The number of halogens is 1. The molecule has 276 valence electrons. The van der Waals surface area contributed by atoms with E-state index in [1.807, 2.05) is 36.4 Å². The Hall–Kier alpha value is -5.71. The van der Waals surface area contributed by atoms with Crippen molar-refractivity contribution in [2.24, 2.45) is 16.7 Å². The maximum Gasteiger partial charge on any atom is 0.515 e. The number of benzene rings is 3. The molecule has 0 aliphatic heterocycles. The molecule has 17 heteroatoms. The standard InChI is InChI=1S/C35H40ClN7O9/c1-5-6-11-30-39-32(36)31(34(44)51-23(3)48-4)41(30)20-24-12-16-26(17-13-24)28-9-7-8-10-29(28)33(37)40-42(38)22(2)50-35(45)52-27-18-14-25(15-19-27)21-49-43(46)47/h7-10,12-19,22-23H,5-6,11,20-21,38H2,1-4H3,(H2,37,40). The van der Waals surface area contributed by atoms with E-state index in [9.17, 15) is 19.7 Å². The van der Waals surface area contributed by atoms with Gasteiger partial charge in [0.05, 0.1) is 0 Å². The van der Waals surface area contributed by atoms with Crippen LogP contribution in [0.2, 0.25) is 5.15 Å². The van der Waals surface area contributed by atoms with Crippen LogP contribution in [0.4, 0.5) is 4.79 Å². The minimum atomic E-state index is -1.08. The summed E-state index contributed by atoms with van der Waals surface area (Å²) in [4.78, 5) is 44.6. The number of hydrogen-bond donors (Lipinski definition) is 2. The maximum absolute atomic E-state index is 13.0. The molecule has 0 saturated carbocycles. The van der Waals surface area contributed by atoms with E-state index in [0.29, 0.717) is 29.9 Å². The SMILES string of the molecule is CCCCc1nc(Cl)c(C(=O)OC(C)OC)n1Cc1ccc(-c2ccccc2/C(N)=N/N(N)C(C)OC(=O)Oc2ccc(CO[N+](=O)[O-])cc2)cc1. The van der Waals surface area contributed by atoms with Gasteiger partial charge in [0.2, 0.25) is 6.23 Å². The highest BCUT2D eigenvalue weighted by atomic mass is 35.5. The van der Waals surface area contributed by atoms with Crippen LogP contribution in [-0.4, -0.2) is 57.3 Å². The lowest BCUT2D eigenvalue weighted by atomic mass is 9.98. The lowest BCUT2D eigenvalue weighted by Gasteiger charge is -2.21. The summed E-state index contributed by atoms with van der Waals surface area (Å²) >= 11 is 6.44. The molecule has 2 unspecified atom stereocenters. The molecule has 2 atom stereocenters. The normalized spacial score (nSPS) is 12.5. The quantitative estimate of drug-likeness (QED) is 0.0192. The summed E-state index contributed by atoms with van der Waals surface area (Å²) in [7, 11) is 1.44. The third kappa shape index (κ3) is 10.6. The molecule has 16 nitrogen and oxygen atoms in total. The van der Waals surface area contributed by atoms with E-state index >= 15 is 0 Å². The summed E-state index contributed by atoms with van der Waals surface area (Å²) in [5.74, 6) is 6.32. The number of nitrogens with two attached hydrogens (primary N) is 2. The minimum absolute atomic E-state index is 0.0561. The van der Waals surface area contributed by atoms with Crippen LogP contribution in [0.3, 0.4) is 0 Å². The summed E-state index contributed by atoms with van der Waals surface area (Å²) in [6.07, 6.45) is -0.458. The molecule has 4 N–H and O–H groups in total. The Kier molecular flexibility index (Phi) is 13.9. The topological polar surface area (TPSA) is 209 Å². The zero-order valence-electron chi connectivity index (χ0n) is 29.1. The van der Waals surface area contributed by atoms with Gasteiger partial charge in [0.1, 0.15) is 18.2 Å². The molecule has 0 spiro atoms. The Morgan fingerprint density at radius 3 is 2.37 bits per heavy atom. The highest BCUT2D eigenvalue weighted by Crippen LogP contribution is 2.27. The van der Waals surface area contributed by atoms with E-state index in [-0.39, 0.29) is 29.0 Å². The lowest BCUT2D eigenvalue weighted by molar-refractivity contribution is -0.763. The molecule has 0 amide bonds. The molecule has 0 saturated heterocycles. The van der Waals surface area contributed by atoms with Crippen molar-refractivity contribution in [3.63, 3.8) is 0 Å². The van der Waals surface area contributed by atoms with Crippen LogP contribution in [0.15, 0.2) is 77.9 Å². The second-order valence-electron chi connectivity index (χ2n) is 11.4. The maximum atomic E-state index is 13.0. The third-order valence-electron chi connectivity index (χ3n) is 7.69. The number of aromatic nitrogens is 2. The van der Waals surface area contributed by atoms with Gasteiger partial charge in [0, 0.05) is 25.6 Å². The molecule has 0 aliphatic rings. The van der Waals surface area contributed by atoms with Crippen molar-refractivity contribution in [1.29, 1.82) is 0 Å². The molecule has 0 bridgehead atoms. The van der Waals surface area contributed by atoms with Crippen molar-refractivity contribution in [3.8, 4) is 16.9 Å². The number of imidazole rings is 1. The van der Waals surface area contributed by atoms with Crippen molar-refractivity contribution >= 4 is 29.6 Å². The van der Waals surface area contributed by atoms with Gasteiger partial charge in [-0.1, -0.05) is 85.6 Å². The number of ether oxygens (including phenoxy) is 4. The first-order valence-electron chi connectivity index (χ1n) is 16.2. The first kappa shape index (κ1) is 39.1. The third-order valence-corrected chi connectivity index (χ3v) is 7.95. The number of nitrogens with zero attached hydrogens (tertiary/aromatic N) is 5. The average Bonchev–Trinajstić information content (AvgIpc) is 3.44. The van der Waals surface area contributed by atoms with E-state index in [4.69, 9.17) is 42.1 Å². The van der Waals surface area contributed by atoms with E-state index in [1.165, 1.54) is 38.3 Å². The average molecular weight is 738 g/mol. The first-order valence-corrected chi connectivity index (χ1v) is 16.6. The van der Waals surface area contributed by atoms with Crippen molar-refractivity contribution in [2.75, 3.05) is 7.11 Å². The summed E-state index contributed by atoms with van der Waals surface area (Å²) < 4.78 is 22.6. The minimum Gasteiger partial charge on any atom is -0.431 e. The van der Waals surface area contributed by atoms with E-state index in [0.717, 1.165) is 34.6 Å². The zero-order chi connectivity index (χ0) is 37.8. The van der Waals surface area contributed by atoms with Crippen LogP contribution in [0.1, 0.15) is 66.6 Å². The molecule has 52 heavy (non-hydrogen) atoms. The van der Waals surface area contributed by atoms with E-state index in [2.05, 4.69) is 21.8 Å². The summed E-state index contributed by atoms with van der Waals surface area (Å²) in [6.45, 7) is 5.23. The van der Waals surface area contributed by atoms with Gasteiger partial charge in [-0.25, -0.2) is 20.4 Å². The number of hydrazone groups is 1. The van der Waals surface area contributed by atoms with Crippen LogP contribution in [-0.2, 0) is 38.6 Å². The summed E-state index contributed by atoms with van der Waals surface area (Å²) in [5, 5.41) is 14.7. The molecule has 3 aromatic carbocycles. The number of esters is 1. The van der Waals surface area contributed by atoms with Crippen LogP contribution in [0.25, 0.3) is 11.1 Å². The van der Waals surface area contributed by atoms with Gasteiger partial charge in [-0.3, -0.25) is 0 Å². The van der Waals surface area contributed by atoms with Crippen LogP contribution in [0, 0.1) is 10.1 Å². The van der Waals surface area contributed by atoms with Crippen LogP contribution < -0.4 is 16.3 Å². The largest absolute Gasteiger partial charge is 0.515 e. The lowest BCUT2D eigenvalue weighted by Crippen LogP contribution is -2.40. The van der Waals surface area contributed by atoms with E-state index in [1.54, 1.807) is 23.6 Å². The summed E-state index contributed by atoms with van der Waals surface area (Å²) in [5.41, 5.74) is 10.1. The Labute approximate surface area is 304 Å². The van der Waals surface area contributed by atoms with Crippen LogP contribution >= 0.6 is 11.6 Å². The number of hydrogen-bond acceptors (Lipinski definition) is 13. The molecule has 1 heterocycles. The van der Waals surface area contributed by atoms with Gasteiger partial charge in [0.15, 0.2) is 23.0 Å². The predicted molar refractivity (Wildman–Crippen MR) is 190 cm³/mol. The number of carbonyl (C=O) groups excluding carboxylic acids is 2. The fourth-order valence-corrected chi connectivity index (χ4v) is 5.17. The van der Waals surface area contributed by atoms with Gasteiger partial charge >= 0.3 is 12.1 Å². The summed E-state index contributed by atoms with van der Waals surface area (Å²) in [6, 6.07) is 20.9. The smallest absolute Gasteiger partial charge is 0.431 e. The van der Waals surface area contributed by atoms with Crippen molar-refractivity contribution in [3.05, 3.63) is 116 Å². The highest BCUT2D eigenvalue weighted by molar-refractivity contribution is 6.32. The second-order valence-corrected chi connectivity index (χ2v) is 11.7. The molecular formula is C35H40ClN7O9. The number of hydrazine groups is 1. The van der Waals surface area contributed by atoms with Gasteiger partial charge in [-0.05, 0) is 54.7 Å². The monoisotopic (exact) mass is 737 g/mol. The highest BCUT2D eigenvalue weighted by Gasteiger charge is 2.25. The van der Waals surface area contributed by atoms with Crippen molar-refractivity contribution < 1.29 is 38.5 Å². The number of aryl methyl sites for hydroxylation is 1. The van der Waals surface area contributed by atoms with Gasteiger partial charge in [-0.15, -0.1) is 15.2 Å². The molecule has 4 aromatic rings. The molecule has 0 radical (unpaired) electrons.